The van der Waals surface area contributed by atoms with Crippen molar-refractivity contribution in [3.63, 3.8) is 0 Å². The number of para-hydroxylation sites is 2. The summed E-state index contributed by atoms with van der Waals surface area (Å²) in [5, 5.41) is 3.02. The maximum absolute atomic E-state index is 13.2. The highest BCUT2D eigenvalue weighted by atomic mass is 35.5. The number of nitrogens with zero attached hydrogens (tertiary/aromatic N) is 4. The molecule has 2 aliphatic rings. The number of hydrogen-bond acceptors (Lipinski definition) is 5. The van der Waals surface area contributed by atoms with Crippen LogP contribution in [0.2, 0.25) is 5.02 Å². The third-order valence-corrected chi connectivity index (χ3v) is 9.91. The summed E-state index contributed by atoms with van der Waals surface area (Å²) < 4.78 is 1.95. The molecule has 1 saturated heterocycles. The Morgan fingerprint density at radius 3 is 2.44 bits per heavy atom. The first-order valence-corrected chi connectivity index (χ1v) is 17.7. The number of nitrogens with one attached hydrogen (secondary N) is 1. The Hall–Kier alpha value is -4.44. The molecule has 0 saturated carbocycles. The van der Waals surface area contributed by atoms with E-state index < -0.39 is 0 Å². The van der Waals surface area contributed by atoms with Gasteiger partial charge in [-0.05, 0) is 100 Å². The standard InChI is InChI=1S/C23H26ClN3O.C16H18N2O2.CH5N/c1-26(2)14-16-11-18-12-19(24)8-9-22(18)27(15-16)23(28)10-7-17-13-25-21-6-4-3-5-20(17)21;1-17-14-5-3-2-4-13(14)10-15(17)16(20)18-8-6-12(11-19)7-9-18;1-2/h3-6,8-9,12-13,16,25H,7,10-11,14-15H2,1-2H3;2-5,10-12H,6-9H2,1H3;2H2,1H3/t16-;;/m1../s1. The second kappa shape index (κ2) is 17.0. The summed E-state index contributed by atoms with van der Waals surface area (Å²) in [5.74, 6) is 0.773. The number of aldehydes is 1. The number of carbonyl (C=O) groups excluding carboxylic acids is 3. The van der Waals surface area contributed by atoms with Crippen LogP contribution in [0.5, 0.6) is 0 Å². The second-order valence-electron chi connectivity index (χ2n) is 13.4. The lowest BCUT2D eigenvalue weighted by Crippen LogP contribution is -2.43. The highest BCUT2D eigenvalue weighted by Gasteiger charge is 2.29. The number of aryl methyl sites for hydroxylation is 2. The average Bonchev–Trinajstić information content (AvgIpc) is 3.71. The molecular weight excluding hydrogens is 648 g/mol. The summed E-state index contributed by atoms with van der Waals surface area (Å²) in [7, 11) is 7.58. The Balaban J connectivity index is 0.000000195. The second-order valence-corrected chi connectivity index (χ2v) is 13.8. The Labute approximate surface area is 300 Å². The average molecular weight is 697 g/mol. The minimum Gasteiger partial charge on any atom is -0.361 e. The molecule has 2 amide bonds. The van der Waals surface area contributed by atoms with Crippen LogP contribution in [0.3, 0.4) is 0 Å². The summed E-state index contributed by atoms with van der Waals surface area (Å²) in [6, 6.07) is 24.1. The van der Waals surface area contributed by atoms with Gasteiger partial charge in [-0.3, -0.25) is 9.59 Å². The molecule has 7 rings (SSSR count). The van der Waals surface area contributed by atoms with Crippen LogP contribution in [0.15, 0.2) is 79.0 Å². The SMILES string of the molecule is CN.CN(C)C[C@H]1Cc2cc(Cl)ccc2N(C(=O)CCc2c[nH]c3ccccc23)C1.Cn1c(C(=O)N2CCC(C=O)CC2)cc2ccccc21. The van der Waals surface area contributed by atoms with E-state index in [1.165, 1.54) is 23.6 Å². The first kappa shape index (κ1) is 36.8. The first-order chi connectivity index (χ1) is 24.2. The van der Waals surface area contributed by atoms with Gasteiger partial charge in [0.25, 0.3) is 5.91 Å². The predicted molar refractivity (Wildman–Crippen MR) is 204 cm³/mol. The molecular formula is C40H49ClN6O3. The molecule has 0 unspecified atom stereocenters. The number of fused-ring (bicyclic) bond motifs is 3. The van der Waals surface area contributed by atoms with Gasteiger partial charge in [0.1, 0.15) is 12.0 Å². The number of benzene rings is 3. The number of anilines is 1. The van der Waals surface area contributed by atoms with Crippen LogP contribution >= 0.6 is 11.6 Å². The maximum atomic E-state index is 13.2. The van der Waals surface area contributed by atoms with Crippen molar-refractivity contribution in [3.8, 4) is 0 Å². The zero-order valence-electron chi connectivity index (χ0n) is 29.6. The van der Waals surface area contributed by atoms with Crippen molar-refractivity contribution in [2.24, 2.45) is 24.6 Å². The van der Waals surface area contributed by atoms with Crippen LogP contribution < -0.4 is 10.6 Å². The van der Waals surface area contributed by atoms with Gasteiger partial charge in [0.05, 0.1) is 0 Å². The predicted octanol–water partition coefficient (Wildman–Crippen LogP) is 6.33. The number of nitrogens with two attached hydrogens (primary N) is 1. The van der Waals surface area contributed by atoms with Crippen molar-refractivity contribution in [1.82, 2.24) is 19.4 Å². The molecule has 0 aliphatic carbocycles. The molecule has 0 spiro atoms. The molecule has 4 heterocycles. The topological polar surface area (TPSA) is 108 Å². The van der Waals surface area contributed by atoms with Crippen molar-refractivity contribution in [2.45, 2.75) is 32.1 Å². The van der Waals surface area contributed by atoms with Gasteiger partial charge in [0.15, 0.2) is 0 Å². The minimum atomic E-state index is 0.0630. The Morgan fingerprint density at radius 1 is 1.00 bits per heavy atom. The van der Waals surface area contributed by atoms with Gasteiger partial charge < -0.3 is 34.8 Å². The summed E-state index contributed by atoms with van der Waals surface area (Å²) in [4.78, 5) is 45.9. The highest BCUT2D eigenvalue weighted by Crippen LogP contribution is 2.33. The number of piperidine rings is 1. The number of likely N-dealkylation sites (tertiary alicyclic amines) is 1. The molecule has 9 nitrogen and oxygen atoms in total. The fourth-order valence-corrected chi connectivity index (χ4v) is 7.39. The quantitative estimate of drug-likeness (QED) is 0.194. The Kier molecular flexibility index (Phi) is 12.5. The molecule has 50 heavy (non-hydrogen) atoms. The van der Waals surface area contributed by atoms with E-state index in [1.807, 2.05) is 88.3 Å². The molecule has 0 bridgehead atoms. The van der Waals surface area contributed by atoms with Crippen molar-refractivity contribution >= 4 is 57.2 Å². The number of aromatic amines is 1. The minimum absolute atomic E-state index is 0.0630. The van der Waals surface area contributed by atoms with Crippen LogP contribution in [-0.2, 0) is 29.5 Å². The molecule has 3 N–H and O–H groups in total. The van der Waals surface area contributed by atoms with Crippen LogP contribution in [0, 0.1) is 11.8 Å². The van der Waals surface area contributed by atoms with Crippen molar-refractivity contribution in [2.75, 3.05) is 52.2 Å². The van der Waals surface area contributed by atoms with E-state index in [0.29, 0.717) is 25.4 Å². The van der Waals surface area contributed by atoms with Crippen LogP contribution in [0.25, 0.3) is 21.8 Å². The van der Waals surface area contributed by atoms with Gasteiger partial charge in [0, 0.05) is 84.3 Å². The van der Waals surface area contributed by atoms with E-state index >= 15 is 0 Å². The van der Waals surface area contributed by atoms with E-state index in [1.54, 1.807) is 0 Å². The normalized spacial score (nSPS) is 16.0. The number of carbonyl (C=O) groups is 3. The van der Waals surface area contributed by atoms with Crippen molar-refractivity contribution in [3.05, 3.63) is 101 Å². The molecule has 3 aromatic carbocycles. The molecule has 1 atom stereocenters. The Bertz CT molecular complexity index is 1920. The number of H-pyrrole nitrogens is 1. The van der Waals surface area contributed by atoms with Crippen LogP contribution in [0.1, 0.15) is 40.9 Å². The number of amides is 2. The smallest absolute Gasteiger partial charge is 0.270 e. The Morgan fingerprint density at radius 2 is 1.72 bits per heavy atom. The fraction of sp³-hybridized carbons (Fsp3) is 0.375. The van der Waals surface area contributed by atoms with Gasteiger partial charge >= 0.3 is 0 Å². The third-order valence-electron chi connectivity index (χ3n) is 9.68. The van der Waals surface area contributed by atoms with Gasteiger partial charge in [-0.1, -0.05) is 48.0 Å². The first-order valence-electron chi connectivity index (χ1n) is 17.4. The monoisotopic (exact) mass is 696 g/mol. The molecule has 1 fully saturated rings. The summed E-state index contributed by atoms with van der Waals surface area (Å²) in [5.41, 5.74) is 10.8. The number of aromatic nitrogens is 2. The molecule has 5 aromatic rings. The number of rotatable bonds is 7. The van der Waals surface area contributed by atoms with Gasteiger partial charge in [-0.2, -0.15) is 0 Å². The highest BCUT2D eigenvalue weighted by molar-refractivity contribution is 6.30. The third kappa shape index (κ3) is 8.46. The lowest BCUT2D eigenvalue weighted by atomic mass is 9.91. The number of hydrogen-bond donors (Lipinski definition) is 2. The van der Waals surface area contributed by atoms with Crippen LogP contribution in [0.4, 0.5) is 5.69 Å². The maximum Gasteiger partial charge on any atom is 0.270 e. The van der Waals surface area contributed by atoms with Crippen LogP contribution in [-0.4, -0.2) is 84.8 Å². The molecule has 2 aromatic heterocycles. The fourth-order valence-electron chi connectivity index (χ4n) is 7.20. The van der Waals surface area contributed by atoms with Crippen molar-refractivity contribution in [1.29, 1.82) is 0 Å². The molecule has 2 aliphatic heterocycles. The molecule has 0 radical (unpaired) electrons. The van der Waals surface area contributed by atoms with Gasteiger partial charge in [-0.15, -0.1) is 0 Å². The van der Waals surface area contributed by atoms with Gasteiger partial charge in [-0.25, -0.2) is 0 Å². The van der Waals surface area contributed by atoms with E-state index in [9.17, 15) is 14.4 Å². The van der Waals surface area contributed by atoms with E-state index in [4.69, 9.17) is 11.6 Å². The molecule has 264 valence electrons. The van der Waals surface area contributed by atoms with E-state index in [2.05, 4.69) is 41.8 Å². The van der Waals surface area contributed by atoms with Crippen molar-refractivity contribution < 1.29 is 14.4 Å². The van der Waals surface area contributed by atoms with E-state index in [0.717, 1.165) is 77.9 Å². The number of halogens is 1. The lowest BCUT2D eigenvalue weighted by molar-refractivity contribution is -0.118. The molecule has 10 heteroatoms. The summed E-state index contributed by atoms with van der Waals surface area (Å²) in [6.07, 6.45) is 6.78. The summed E-state index contributed by atoms with van der Waals surface area (Å²) in [6.45, 7) is 3.06. The summed E-state index contributed by atoms with van der Waals surface area (Å²) >= 11 is 6.22. The zero-order chi connectivity index (χ0) is 35.8. The largest absolute Gasteiger partial charge is 0.361 e. The van der Waals surface area contributed by atoms with E-state index in [-0.39, 0.29) is 17.7 Å². The zero-order valence-corrected chi connectivity index (χ0v) is 30.3. The van der Waals surface area contributed by atoms with Gasteiger partial charge in [0.2, 0.25) is 5.91 Å². The lowest BCUT2D eigenvalue weighted by Gasteiger charge is -2.36.